The van der Waals surface area contributed by atoms with Crippen molar-refractivity contribution in [2.45, 2.75) is 25.9 Å². The molecule has 0 radical (unpaired) electrons. The molecule has 0 spiro atoms. The van der Waals surface area contributed by atoms with Crippen LogP contribution in [-0.4, -0.2) is 26.8 Å². The van der Waals surface area contributed by atoms with E-state index in [4.69, 9.17) is 15.2 Å². The summed E-state index contributed by atoms with van der Waals surface area (Å²) < 4.78 is 10.5. The minimum atomic E-state index is -0.109. The number of rotatable bonds is 6. The van der Waals surface area contributed by atoms with E-state index in [2.05, 4.69) is 19.2 Å². The van der Waals surface area contributed by atoms with Crippen LogP contribution in [-0.2, 0) is 0 Å². The van der Waals surface area contributed by atoms with Crippen molar-refractivity contribution < 1.29 is 9.47 Å². The minimum Gasteiger partial charge on any atom is -0.497 e. The van der Waals surface area contributed by atoms with Gasteiger partial charge in [0.15, 0.2) is 0 Å². The molecule has 0 heterocycles. The standard InChI is InChI=1S/C13H22N2O2/c1-9(2)15-8-12(14)11-7-10(16-3)5-6-13(11)17-4/h5-7,9,12,15H,8,14H2,1-4H3. The highest BCUT2D eigenvalue weighted by Crippen LogP contribution is 2.27. The SMILES string of the molecule is COc1ccc(OC)c(C(N)CNC(C)C)c1. The van der Waals surface area contributed by atoms with E-state index in [1.807, 2.05) is 18.2 Å². The number of nitrogens with one attached hydrogen (secondary N) is 1. The Morgan fingerprint density at radius 1 is 1.24 bits per heavy atom. The molecule has 0 aliphatic rings. The minimum absolute atomic E-state index is 0.109. The fraction of sp³-hybridized carbons (Fsp3) is 0.538. The smallest absolute Gasteiger partial charge is 0.123 e. The molecule has 1 unspecified atom stereocenters. The van der Waals surface area contributed by atoms with Crippen LogP contribution < -0.4 is 20.5 Å². The molecule has 17 heavy (non-hydrogen) atoms. The number of nitrogens with two attached hydrogens (primary N) is 1. The van der Waals surface area contributed by atoms with Crippen molar-refractivity contribution in [3.63, 3.8) is 0 Å². The lowest BCUT2D eigenvalue weighted by molar-refractivity contribution is 0.393. The normalized spacial score (nSPS) is 12.6. The van der Waals surface area contributed by atoms with Crippen LogP contribution in [0.5, 0.6) is 11.5 Å². The Bertz CT molecular complexity index is 353. The molecule has 4 nitrogen and oxygen atoms in total. The van der Waals surface area contributed by atoms with E-state index in [0.29, 0.717) is 12.6 Å². The lowest BCUT2D eigenvalue weighted by atomic mass is 10.1. The van der Waals surface area contributed by atoms with E-state index in [0.717, 1.165) is 17.1 Å². The summed E-state index contributed by atoms with van der Waals surface area (Å²) in [6.07, 6.45) is 0. The first-order valence-corrected chi connectivity index (χ1v) is 5.79. The summed E-state index contributed by atoms with van der Waals surface area (Å²) in [5, 5.41) is 3.31. The Morgan fingerprint density at radius 2 is 1.94 bits per heavy atom. The highest BCUT2D eigenvalue weighted by molar-refractivity contribution is 5.42. The maximum atomic E-state index is 6.15. The summed E-state index contributed by atoms with van der Waals surface area (Å²) in [6, 6.07) is 5.97. The molecule has 0 aliphatic heterocycles. The van der Waals surface area contributed by atoms with Gasteiger partial charge in [-0.05, 0) is 18.2 Å². The highest BCUT2D eigenvalue weighted by Gasteiger charge is 2.13. The van der Waals surface area contributed by atoms with Crippen LogP contribution in [0.4, 0.5) is 0 Å². The van der Waals surface area contributed by atoms with Gasteiger partial charge in [-0.25, -0.2) is 0 Å². The van der Waals surface area contributed by atoms with Crippen LogP contribution >= 0.6 is 0 Å². The Hall–Kier alpha value is -1.26. The van der Waals surface area contributed by atoms with Gasteiger partial charge in [0, 0.05) is 24.2 Å². The van der Waals surface area contributed by atoms with Crippen LogP contribution in [0.25, 0.3) is 0 Å². The monoisotopic (exact) mass is 238 g/mol. The summed E-state index contributed by atoms with van der Waals surface area (Å²) in [6.45, 7) is 4.90. The van der Waals surface area contributed by atoms with E-state index in [1.54, 1.807) is 14.2 Å². The molecule has 1 atom stereocenters. The predicted octanol–water partition coefficient (Wildman–Crippen LogP) is 1.70. The molecule has 1 aromatic carbocycles. The van der Waals surface area contributed by atoms with E-state index < -0.39 is 0 Å². The van der Waals surface area contributed by atoms with Gasteiger partial charge in [-0.1, -0.05) is 13.8 Å². The number of methoxy groups -OCH3 is 2. The third-order valence-electron chi connectivity index (χ3n) is 2.58. The van der Waals surface area contributed by atoms with Crippen LogP contribution in [0.1, 0.15) is 25.5 Å². The third kappa shape index (κ3) is 3.91. The first-order valence-electron chi connectivity index (χ1n) is 5.79. The van der Waals surface area contributed by atoms with Crippen LogP contribution in [0, 0.1) is 0 Å². The van der Waals surface area contributed by atoms with Gasteiger partial charge in [0.2, 0.25) is 0 Å². The molecule has 1 rings (SSSR count). The Balaban J connectivity index is 2.85. The summed E-state index contributed by atoms with van der Waals surface area (Å²) in [7, 11) is 3.29. The summed E-state index contributed by atoms with van der Waals surface area (Å²) in [5.41, 5.74) is 7.10. The maximum Gasteiger partial charge on any atom is 0.123 e. The number of benzene rings is 1. The molecule has 0 aliphatic carbocycles. The van der Waals surface area contributed by atoms with Gasteiger partial charge < -0.3 is 20.5 Å². The van der Waals surface area contributed by atoms with Crippen molar-refractivity contribution in [2.75, 3.05) is 20.8 Å². The lowest BCUT2D eigenvalue weighted by Gasteiger charge is -2.18. The highest BCUT2D eigenvalue weighted by atomic mass is 16.5. The molecule has 0 amide bonds. The second-order valence-corrected chi connectivity index (χ2v) is 4.28. The third-order valence-corrected chi connectivity index (χ3v) is 2.58. The van der Waals surface area contributed by atoms with Crippen LogP contribution in [0.2, 0.25) is 0 Å². The molecule has 96 valence electrons. The second kappa shape index (κ2) is 6.47. The van der Waals surface area contributed by atoms with Gasteiger partial charge in [-0.2, -0.15) is 0 Å². The second-order valence-electron chi connectivity index (χ2n) is 4.28. The van der Waals surface area contributed by atoms with Crippen molar-refractivity contribution >= 4 is 0 Å². The first-order chi connectivity index (χ1) is 8.08. The maximum absolute atomic E-state index is 6.15. The summed E-state index contributed by atoms with van der Waals surface area (Å²) in [5.74, 6) is 1.59. The van der Waals surface area contributed by atoms with E-state index >= 15 is 0 Å². The lowest BCUT2D eigenvalue weighted by Crippen LogP contribution is -2.31. The Morgan fingerprint density at radius 3 is 2.47 bits per heavy atom. The van der Waals surface area contributed by atoms with Gasteiger partial charge in [0.05, 0.1) is 14.2 Å². The van der Waals surface area contributed by atoms with Gasteiger partial charge in [0.25, 0.3) is 0 Å². The Kier molecular flexibility index (Phi) is 5.25. The first kappa shape index (κ1) is 13.8. The van der Waals surface area contributed by atoms with E-state index in [-0.39, 0.29) is 6.04 Å². The molecule has 1 aromatic rings. The molecule has 0 saturated carbocycles. The molecular formula is C13H22N2O2. The number of ether oxygens (including phenoxy) is 2. The molecule has 0 saturated heterocycles. The zero-order valence-corrected chi connectivity index (χ0v) is 11.0. The van der Waals surface area contributed by atoms with Crippen LogP contribution in [0.3, 0.4) is 0 Å². The summed E-state index contributed by atoms with van der Waals surface area (Å²) >= 11 is 0. The van der Waals surface area contributed by atoms with Crippen molar-refractivity contribution in [3.8, 4) is 11.5 Å². The van der Waals surface area contributed by atoms with E-state index in [1.165, 1.54) is 0 Å². The zero-order valence-electron chi connectivity index (χ0n) is 11.0. The molecule has 4 heteroatoms. The molecule has 0 bridgehead atoms. The van der Waals surface area contributed by atoms with Gasteiger partial charge in [0.1, 0.15) is 11.5 Å². The zero-order chi connectivity index (χ0) is 12.8. The van der Waals surface area contributed by atoms with Gasteiger partial charge >= 0.3 is 0 Å². The van der Waals surface area contributed by atoms with E-state index in [9.17, 15) is 0 Å². The fourth-order valence-corrected chi connectivity index (χ4v) is 1.60. The fourth-order valence-electron chi connectivity index (χ4n) is 1.60. The van der Waals surface area contributed by atoms with Gasteiger partial charge in [-0.15, -0.1) is 0 Å². The number of hydrogen-bond acceptors (Lipinski definition) is 4. The van der Waals surface area contributed by atoms with Crippen molar-refractivity contribution in [3.05, 3.63) is 23.8 Å². The van der Waals surface area contributed by atoms with Gasteiger partial charge in [-0.3, -0.25) is 0 Å². The molecule has 0 fully saturated rings. The van der Waals surface area contributed by atoms with Crippen LogP contribution in [0.15, 0.2) is 18.2 Å². The predicted molar refractivity (Wildman–Crippen MR) is 69.6 cm³/mol. The molecule has 0 aromatic heterocycles. The Labute approximate surface area is 103 Å². The quantitative estimate of drug-likeness (QED) is 0.792. The summed E-state index contributed by atoms with van der Waals surface area (Å²) in [4.78, 5) is 0. The largest absolute Gasteiger partial charge is 0.497 e. The molecular weight excluding hydrogens is 216 g/mol. The topological polar surface area (TPSA) is 56.5 Å². The number of hydrogen-bond donors (Lipinski definition) is 2. The van der Waals surface area contributed by atoms with Crippen molar-refractivity contribution in [1.29, 1.82) is 0 Å². The average molecular weight is 238 g/mol. The average Bonchev–Trinajstić information content (AvgIpc) is 2.34. The van der Waals surface area contributed by atoms with Crippen molar-refractivity contribution in [2.24, 2.45) is 5.73 Å². The van der Waals surface area contributed by atoms with Crippen molar-refractivity contribution in [1.82, 2.24) is 5.32 Å². The molecule has 3 N–H and O–H groups in total.